The van der Waals surface area contributed by atoms with E-state index in [-0.39, 0.29) is 25.8 Å². The highest BCUT2D eigenvalue weighted by molar-refractivity contribution is 7.47. The molecule has 67 heavy (non-hydrogen) atoms. The maximum Gasteiger partial charge on any atom is 0.472 e. The van der Waals surface area contributed by atoms with Crippen LogP contribution in [0, 0.1) is 0 Å². The molecule has 1 N–H and O–H groups in total. The predicted molar refractivity (Wildman–Crippen MR) is 289 cm³/mol. The Bertz CT molecular complexity index is 1120. The van der Waals surface area contributed by atoms with Crippen molar-refractivity contribution in [3.63, 3.8) is 0 Å². The molecule has 0 saturated carbocycles. The lowest BCUT2D eigenvalue weighted by Gasteiger charge is -2.24. The molecular weight excluding hydrogens is 854 g/mol. The van der Waals surface area contributed by atoms with E-state index in [1.54, 1.807) is 0 Å². The molecular formula is C58H115NO7P+. The predicted octanol–water partition coefficient (Wildman–Crippen LogP) is 18.3. The minimum absolute atomic E-state index is 0.0907. The van der Waals surface area contributed by atoms with E-state index in [0.717, 1.165) is 32.1 Å². The van der Waals surface area contributed by atoms with Crippen molar-refractivity contribution in [3.05, 3.63) is 24.3 Å². The van der Waals surface area contributed by atoms with Gasteiger partial charge >= 0.3 is 13.8 Å². The fraction of sp³-hybridized carbons (Fsp3) is 0.914. The number of carbonyl (C=O) groups is 1. The summed E-state index contributed by atoms with van der Waals surface area (Å²) in [5, 5.41) is 0. The molecule has 0 fully saturated rings. The fourth-order valence-electron chi connectivity index (χ4n) is 8.49. The van der Waals surface area contributed by atoms with Gasteiger partial charge in [-0.05, 0) is 64.2 Å². The average molecular weight is 970 g/mol. The van der Waals surface area contributed by atoms with Crippen molar-refractivity contribution >= 4 is 13.8 Å². The number of ether oxygens (including phenoxy) is 2. The Labute approximate surface area is 417 Å². The molecule has 0 aromatic heterocycles. The zero-order valence-electron chi connectivity index (χ0n) is 45.4. The van der Waals surface area contributed by atoms with Crippen molar-refractivity contribution in [2.24, 2.45) is 0 Å². The normalized spacial score (nSPS) is 13.6. The zero-order chi connectivity index (χ0) is 49.0. The van der Waals surface area contributed by atoms with Crippen LogP contribution in [0.3, 0.4) is 0 Å². The third-order valence-corrected chi connectivity index (χ3v) is 14.0. The minimum Gasteiger partial charge on any atom is -0.457 e. The number of hydrogen-bond acceptors (Lipinski definition) is 6. The van der Waals surface area contributed by atoms with Gasteiger partial charge in [-0.25, -0.2) is 4.57 Å². The van der Waals surface area contributed by atoms with Gasteiger partial charge in [-0.2, -0.15) is 0 Å². The topological polar surface area (TPSA) is 91.3 Å². The Morgan fingerprint density at radius 2 is 0.776 bits per heavy atom. The Balaban J connectivity index is 4.03. The lowest BCUT2D eigenvalue weighted by atomic mass is 10.0. The van der Waals surface area contributed by atoms with Crippen molar-refractivity contribution in [3.8, 4) is 0 Å². The molecule has 0 rings (SSSR count). The molecule has 0 amide bonds. The van der Waals surface area contributed by atoms with E-state index >= 15 is 0 Å². The van der Waals surface area contributed by atoms with E-state index in [1.165, 1.54) is 231 Å². The highest BCUT2D eigenvalue weighted by Crippen LogP contribution is 2.43. The first kappa shape index (κ1) is 66.0. The van der Waals surface area contributed by atoms with Gasteiger partial charge in [0.15, 0.2) is 0 Å². The average Bonchev–Trinajstić information content (AvgIpc) is 3.29. The molecule has 0 radical (unpaired) electrons. The number of carbonyl (C=O) groups excluding carboxylic acids is 1. The van der Waals surface area contributed by atoms with Crippen molar-refractivity contribution in [1.29, 1.82) is 0 Å². The third-order valence-electron chi connectivity index (χ3n) is 13.0. The van der Waals surface area contributed by atoms with E-state index < -0.39 is 13.9 Å². The Hall–Kier alpha value is -1.02. The van der Waals surface area contributed by atoms with Crippen molar-refractivity contribution in [2.45, 2.75) is 290 Å². The third kappa shape index (κ3) is 55.8. The highest BCUT2D eigenvalue weighted by atomic mass is 31.2. The summed E-state index contributed by atoms with van der Waals surface area (Å²) in [4.78, 5) is 23.1. The maximum atomic E-state index is 12.8. The first-order valence-electron chi connectivity index (χ1n) is 29.1. The van der Waals surface area contributed by atoms with Crippen LogP contribution in [0.15, 0.2) is 24.3 Å². The SMILES string of the molecule is CCCCCCCC/C=C\CCCCCCCCCCCCOCC(COP(=O)(O)OCC[N+](C)(C)C)OC(=O)CCCCCCCCCCCCCCC/C=C\CCCCCCCCCC. The van der Waals surface area contributed by atoms with Crippen LogP contribution >= 0.6 is 7.82 Å². The number of allylic oxidation sites excluding steroid dienone is 4. The number of nitrogens with zero attached hydrogens (tertiary/aromatic N) is 1. The molecule has 398 valence electrons. The molecule has 0 bridgehead atoms. The summed E-state index contributed by atoms with van der Waals surface area (Å²) in [6.07, 6.45) is 62.4. The minimum atomic E-state index is -4.28. The summed E-state index contributed by atoms with van der Waals surface area (Å²) in [7, 11) is 1.68. The summed E-state index contributed by atoms with van der Waals surface area (Å²) >= 11 is 0. The fourth-order valence-corrected chi connectivity index (χ4v) is 9.23. The number of hydrogen-bond donors (Lipinski definition) is 1. The number of unbranched alkanes of at least 4 members (excludes halogenated alkanes) is 37. The van der Waals surface area contributed by atoms with Crippen molar-refractivity contribution in [2.75, 3.05) is 54.1 Å². The van der Waals surface area contributed by atoms with E-state index in [4.69, 9.17) is 18.5 Å². The number of esters is 1. The van der Waals surface area contributed by atoms with Crippen LogP contribution in [0.2, 0.25) is 0 Å². The second-order valence-electron chi connectivity index (χ2n) is 21.0. The van der Waals surface area contributed by atoms with Crippen molar-refractivity contribution in [1.82, 2.24) is 0 Å². The van der Waals surface area contributed by atoms with E-state index in [9.17, 15) is 14.3 Å². The standard InChI is InChI=1S/C58H114NO7P/c1-6-8-10-12-14-16-18-20-22-24-26-28-29-30-31-32-33-35-37-39-41-43-45-47-49-51-58(60)66-57(56-65-67(61,62)64-54-52-59(3,4)5)55-63-53-50-48-46-44-42-40-38-36-34-27-25-23-21-19-17-15-13-11-9-7-2/h21,23-24,26,57H,6-20,22,25,27-56H2,1-5H3/p+1/b23-21-,26-24-. The molecule has 0 aliphatic carbocycles. The van der Waals surface area contributed by atoms with Crippen LogP contribution in [-0.2, 0) is 27.9 Å². The second-order valence-corrected chi connectivity index (χ2v) is 22.5. The Kier molecular flexibility index (Phi) is 50.6. The molecule has 9 heteroatoms. The van der Waals surface area contributed by atoms with Gasteiger partial charge in [0.05, 0.1) is 34.4 Å². The molecule has 0 heterocycles. The maximum absolute atomic E-state index is 12.8. The highest BCUT2D eigenvalue weighted by Gasteiger charge is 2.26. The van der Waals surface area contributed by atoms with Gasteiger partial charge in [-0.1, -0.05) is 237 Å². The molecule has 0 spiro atoms. The lowest BCUT2D eigenvalue weighted by Crippen LogP contribution is -2.37. The molecule has 0 saturated heterocycles. The molecule has 0 aliphatic rings. The van der Waals surface area contributed by atoms with Gasteiger partial charge in [0.1, 0.15) is 19.3 Å². The van der Waals surface area contributed by atoms with Crippen LogP contribution < -0.4 is 0 Å². The summed E-state index contributed by atoms with van der Waals surface area (Å²) < 4.78 is 35.3. The summed E-state index contributed by atoms with van der Waals surface area (Å²) in [6.45, 7) is 5.68. The molecule has 0 aromatic carbocycles. The Morgan fingerprint density at radius 1 is 0.448 bits per heavy atom. The molecule has 2 unspecified atom stereocenters. The van der Waals surface area contributed by atoms with Crippen LogP contribution in [-0.4, -0.2) is 75.6 Å². The lowest BCUT2D eigenvalue weighted by molar-refractivity contribution is -0.870. The summed E-state index contributed by atoms with van der Waals surface area (Å²) in [5.74, 6) is -0.308. The van der Waals surface area contributed by atoms with Crippen LogP contribution in [0.4, 0.5) is 0 Å². The first-order valence-corrected chi connectivity index (χ1v) is 30.6. The van der Waals surface area contributed by atoms with E-state index in [2.05, 4.69) is 38.2 Å². The van der Waals surface area contributed by atoms with Gasteiger partial charge in [0.2, 0.25) is 0 Å². The molecule has 0 aliphatic heterocycles. The Morgan fingerprint density at radius 3 is 1.13 bits per heavy atom. The molecule has 8 nitrogen and oxygen atoms in total. The quantitative estimate of drug-likeness (QED) is 0.0213. The van der Waals surface area contributed by atoms with Gasteiger partial charge in [0, 0.05) is 13.0 Å². The second kappa shape index (κ2) is 51.3. The summed E-state index contributed by atoms with van der Waals surface area (Å²) in [5.41, 5.74) is 0. The molecule has 2 atom stereocenters. The number of phosphoric ester groups is 1. The van der Waals surface area contributed by atoms with Gasteiger partial charge < -0.3 is 18.9 Å². The van der Waals surface area contributed by atoms with Crippen LogP contribution in [0.1, 0.15) is 284 Å². The van der Waals surface area contributed by atoms with Gasteiger partial charge in [-0.3, -0.25) is 13.8 Å². The first-order chi connectivity index (χ1) is 32.6. The number of phosphoric acid groups is 1. The van der Waals surface area contributed by atoms with Gasteiger partial charge in [-0.15, -0.1) is 0 Å². The number of quaternary nitrogens is 1. The van der Waals surface area contributed by atoms with Crippen LogP contribution in [0.25, 0.3) is 0 Å². The zero-order valence-corrected chi connectivity index (χ0v) is 46.3. The smallest absolute Gasteiger partial charge is 0.457 e. The summed E-state index contributed by atoms with van der Waals surface area (Å²) in [6, 6.07) is 0. The van der Waals surface area contributed by atoms with Crippen LogP contribution in [0.5, 0.6) is 0 Å². The molecule has 0 aromatic rings. The number of rotatable bonds is 55. The van der Waals surface area contributed by atoms with Gasteiger partial charge in [0.25, 0.3) is 0 Å². The van der Waals surface area contributed by atoms with E-state index in [0.29, 0.717) is 24.1 Å². The number of likely N-dealkylation sites (N-methyl/N-ethyl adjacent to an activating group) is 1. The largest absolute Gasteiger partial charge is 0.472 e. The monoisotopic (exact) mass is 969 g/mol. The van der Waals surface area contributed by atoms with E-state index in [1.807, 2.05) is 21.1 Å². The van der Waals surface area contributed by atoms with Crippen molar-refractivity contribution < 1.29 is 37.3 Å².